The molecule has 0 amide bonds. The van der Waals surface area contributed by atoms with Crippen molar-refractivity contribution in [2.75, 3.05) is 13.2 Å². The van der Waals surface area contributed by atoms with Crippen LogP contribution in [0.3, 0.4) is 0 Å². The van der Waals surface area contributed by atoms with Crippen LogP contribution in [-0.4, -0.2) is 31.7 Å². The highest BCUT2D eigenvalue weighted by Crippen LogP contribution is 2.23. The molecule has 0 fully saturated rings. The molecule has 1 aromatic carbocycles. The van der Waals surface area contributed by atoms with Crippen LogP contribution in [0.4, 0.5) is 13.2 Å². The second kappa shape index (κ2) is 8.24. The van der Waals surface area contributed by atoms with Crippen LogP contribution in [0.25, 0.3) is 0 Å². The fourth-order valence-electron chi connectivity index (χ4n) is 2.13. The Morgan fingerprint density at radius 2 is 1.76 bits per heavy atom. The van der Waals surface area contributed by atoms with Crippen LogP contribution in [0.5, 0.6) is 5.75 Å². The van der Waals surface area contributed by atoms with Gasteiger partial charge in [-0.3, -0.25) is 0 Å². The van der Waals surface area contributed by atoms with Gasteiger partial charge in [-0.05, 0) is 44.5 Å². The molecule has 0 aromatic heterocycles. The lowest BCUT2D eigenvalue weighted by atomic mass is 10.0. The average molecular weight is 305 g/mol. The zero-order valence-electron chi connectivity index (χ0n) is 12.5. The summed E-state index contributed by atoms with van der Waals surface area (Å²) in [5, 5.41) is 3.33. The maximum absolute atomic E-state index is 12.1. The van der Waals surface area contributed by atoms with E-state index in [1.165, 1.54) is 12.1 Å². The number of rotatable bonds is 8. The quantitative estimate of drug-likeness (QED) is 0.797. The Bertz CT molecular complexity index is 406. The van der Waals surface area contributed by atoms with Crippen LogP contribution in [0.1, 0.15) is 26.3 Å². The highest BCUT2D eigenvalue weighted by molar-refractivity contribution is 5.28. The molecule has 1 aromatic rings. The van der Waals surface area contributed by atoms with Crippen LogP contribution in [0.15, 0.2) is 24.3 Å². The van der Waals surface area contributed by atoms with Crippen molar-refractivity contribution in [1.82, 2.24) is 5.32 Å². The van der Waals surface area contributed by atoms with Gasteiger partial charge in [0.15, 0.2) is 0 Å². The summed E-state index contributed by atoms with van der Waals surface area (Å²) in [4.78, 5) is 0. The molecule has 0 bridgehead atoms. The van der Waals surface area contributed by atoms with E-state index in [-0.39, 0.29) is 17.9 Å². The SMILES string of the molecule is CCNC(Cc1ccc(OC(F)(F)F)cc1)C(C)OCC. The van der Waals surface area contributed by atoms with Crippen molar-refractivity contribution in [3.8, 4) is 5.75 Å². The lowest BCUT2D eigenvalue weighted by molar-refractivity contribution is -0.274. The minimum atomic E-state index is -4.66. The van der Waals surface area contributed by atoms with E-state index in [0.29, 0.717) is 13.0 Å². The number of alkyl halides is 3. The van der Waals surface area contributed by atoms with Crippen molar-refractivity contribution < 1.29 is 22.6 Å². The largest absolute Gasteiger partial charge is 0.573 e. The highest BCUT2D eigenvalue weighted by atomic mass is 19.4. The van der Waals surface area contributed by atoms with E-state index in [0.717, 1.165) is 12.1 Å². The summed E-state index contributed by atoms with van der Waals surface area (Å²) in [6.45, 7) is 7.35. The lowest BCUT2D eigenvalue weighted by Gasteiger charge is -2.25. The zero-order valence-corrected chi connectivity index (χ0v) is 12.5. The lowest BCUT2D eigenvalue weighted by Crippen LogP contribution is -2.41. The van der Waals surface area contributed by atoms with E-state index in [4.69, 9.17) is 4.74 Å². The molecular formula is C15H22F3NO2. The number of halogens is 3. The second-order valence-electron chi connectivity index (χ2n) is 4.72. The number of benzene rings is 1. The summed E-state index contributed by atoms with van der Waals surface area (Å²) in [6, 6.07) is 6.06. The number of nitrogens with one attached hydrogen (secondary N) is 1. The maximum Gasteiger partial charge on any atom is 0.573 e. The van der Waals surface area contributed by atoms with Gasteiger partial charge in [-0.1, -0.05) is 19.1 Å². The van der Waals surface area contributed by atoms with Gasteiger partial charge in [0.05, 0.1) is 6.10 Å². The third-order valence-electron chi connectivity index (χ3n) is 3.08. The second-order valence-corrected chi connectivity index (χ2v) is 4.72. The van der Waals surface area contributed by atoms with Gasteiger partial charge >= 0.3 is 6.36 Å². The number of hydrogen-bond acceptors (Lipinski definition) is 3. The molecule has 0 aliphatic heterocycles. The van der Waals surface area contributed by atoms with E-state index >= 15 is 0 Å². The molecule has 1 N–H and O–H groups in total. The highest BCUT2D eigenvalue weighted by Gasteiger charge is 2.31. The Hall–Kier alpha value is -1.27. The summed E-state index contributed by atoms with van der Waals surface area (Å²) >= 11 is 0. The van der Waals surface area contributed by atoms with Crippen LogP contribution in [0.2, 0.25) is 0 Å². The molecule has 120 valence electrons. The zero-order chi connectivity index (χ0) is 15.9. The first-order valence-corrected chi connectivity index (χ1v) is 7.05. The average Bonchev–Trinajstić information content (AvgIpc) is 2.39. The molecular weight excluding hydrogens is 283 g/mol. The van der Waals surface area contributed by atoms with Crippen molar-refractivity contribution in [1.29, 1.82) is 0 Å². The molecule has 2 atom stereocenters. The Kier molecular flexibility index (Phi) is 6.98. The Labute approximate surface area is 123 Å². The molecule has 0 saturated heterocycles. The van der Waals surface area contributed by atoms with Gasteiger partial charge < -0.3 is 14.8 Å². The van der Waals surface area contributed by atoms with Gasteiger partial charge in [0, 0.05) is 12.6 Å². The Morgan fingerprint density at radius 1 is 1.14 bits per heavy atom. The first-order chi connectivity index (χ1) is 9.85. The first kappa shape index (κ1) is 17.8. The molecule has 0 spiro atoms. The fraction of sp³-hybridized carbons (Fsp3) is 0.600. The van der Waals surface area contributed by atoms with Crippen molar-refractivity contribution in [2.45, 2.75) is 45.7 Å². The smallest absolute Gasteiger partial charge is 0.406 e. The number of ether oxygens (including phenoxy) is 2. The summed E-state index contributed by atoms with van der Waals surface area (Å²) in [6.07, 6.45) is -3.94. The van der Waals surface area contributed by atoms with Gasteiger partial charge in [0.25, 0.3) is 0 Å². The van der Waals surface area contributed by atoms with Crippen molar-refractivity contribution >= 4 is 0 Å². The topological polar surface area (TPSA) is 30.5 Å². The molecule has 21 heavy (non-hydrogen) atoms. The molecule has 1 rings (SSSR count). The third-order valence-corrected chi connectivity index (χ3v) is 3.08. The van der Waals surface area contributed by atoms with E-state index in [1.54, 1.807) is 12.1 Å². The van der Waals surface area contributed by atoms with Crippen LogP contribution in [-0.2, 0) is 11.2 Å². The van der Waals surface area contributed by atoms with Gasteiger partial charge in [0.2, 0.25) is 0 Å². The predicted molar refractivity (Wildman–Crippen MR) is 75.4 cm³/mol. The van der Waals surface area contributed by atoms with Crippen molar-refractivity contribution in [2.24, 2.45) is 0 Å². The number of hydrogen-bond donors (Lipinski definition) is 1. The maximum atomic E-state index is 12.1. The Morgan fingerprint density at radius 3 is 2.24 bits per heavy atom. The molecule has 0 saturated carbocycles. The van der Waals surface area contributed by atoms with Gasteiger partial charge in [-0.25, -0.2) is 0 Å². The van der Waals surface area contributed by atoms with E-state index in [9.17, 15) is 13.2 Å². The summed E-state index contributed by atoms with van der Waals surface area (Å²) in [7, 11) is 0. The number of likely N-dealkylation sites (N-methyl/N-ethyl adjacent to an activating group) is 1. The minimum Gasteiger partial charge on any atom is -0.406 e. The summed E-state index contributed by atoms with van der Waals surface area (Å²) < 4.78 is 45.7. The van der Waals surface area contributed by atoms with E-state index < -0.39 is 6.36 Å². The summed E-state index contributed by atoms with van der Waals surface area (Å²) in [5.41, 5.74) is 0.932. The van der Waals surface area contributed by atoms with Gasteiger partial charge in [-0.15, -0.1) is 13.2 Å². The van der Waals surface area contributed by atoms with Crippen LogP contribution < -0.4 is 10.1 Å². The molecule has 3 nitrogen and oxygen atoms in total. The minimum absolute atomic E-state index is 0.0288. The van der Waals surface area contributed by atoms with Gasteiger partial charge in [-0.2, -0.15) is 0 Å². The van der Waals surface area contributed by atoms with Gasteiger partial charge in [0.1, 0.15) is 5.75 Å². The molecule has 2 unspecified atom stereocenters. The normalized spacial score (nSPS) is 14.8. The third kappa shape index (κ3) is 6.82. The van der Waals surface area contributed by atoms with Crippen molar-refractivity contribution in [3.63, 3.8) is 0 Å². The standard InChI is InChI=1S/C15H22F3NO2/c1-4-19-14(11(3)20-5-2)10-12-6-8-13(9-7-12)21-15(16,17)18/h6-9,11,14,19H,4-5,10H2,1-3H3. The Balaban J connectivity index is 2.67. The molecule has 0 aliphatic rings. The monoisotopic (exact) mass is 305 g/mol. The summed E-state index contributed by atoms with van der Waals surface area (Å²) in [5.74, 6) is -0.205. The van der Waals surface area contributed by atoms with Crippen molar-refractivity contribution in [3.05, 3.63) is 29.8 Å². The molecule has 0 aliphatic carbocycles. The molecule has 0 radical (unpaired) electrons. The van der Waals surface area contributed by atoms with Crippen LogP contribution >= 0.6 is 0 Å². The predicted octanol–water partition coefficient (Wildman–Crippen LogP) is 3.53. The van der Waals surface area contributed by atoms with E-state index in [2.05, 4.69) is 10.1 Å². The first-order valence-electron chi connectivity index (χ1n) is 7.05. The molecule has 6 heteroatoms. The van der Waals surface area contributed by atoms with E-state index in [1.807, 2.05) is 20.8 Å². The fourth-order valence-corrected chi connectivity index (χ4v) is 2.13. The molecule has 0 heterocycles. The van der Waals surface area contributed by atoms with Crippen LogP contribution in [0, 0.1) is 0 Å².